The summed E-state index contributed by atoms with van der Waals surface area (Å²) in [5.74, 6) is -0.0268. The third-order valence-corrected chi connectivity index (χ3v) is 3.20. The number of H-pyrrole nitrogens is 1. The molecule has 0 aliphatic carbocycles. The molecule has 0 saturated heterocycles. The van der Waals surface area contributed by atoms with Crippen molar-refractivity contribution in [1.29, 1.82) is 0 Å². The Labute approximate surface area is 134 Å². The second-order valence-electron chi connectivity index (χ2n) is 6.05. The number of hydrogen-bond acceptors (Lipinski definition) is 5. The first kappa shape index (κ1) is 16.5. The molecule has 0 unspecified atom stereocenters. The van der Waals surface area contributed by atoms with Gasteiger partial charge < -0.3 is 9.84 Å². The fourth-order valence-electron chi connectivity index (χ4n) is 1.82. The molecular formula is C16H20N4O3. The summed E-state index contributed by atoms with van der Waals surface area (Å²) in [6, 6.07) is 6.46. The van der Waals surface area contributed by atoms with E-state index in [0.29, 0.717) is 11.3 Å². The maximum atomic E-state index is 12.0. The molecule has 0 atom stereocenters. The monoisotopic (exact) mass is 316 g/mol. The van der Waals surface area contributed by atoms with Crippen molar-refractivity contribution in [2.45, 2.75) is 26.2 Å². The molecule has 23 heavy (non-hydrogen) atoms. The predicted molar refractivity (Wildman–Crippen MR) is 87.0 cm³/mol. The van der Waals surface area contributed by atoms with E-state index in [1.165, 1.54) is 19.4 Å². The number of phenols is 1. The van der Waals surface area contributed by atoms with Gasteiger partial charge in [0.15, 0.2) is 17.2 Å². The molecule has 3 N–H and O–H groups in total. The van der Waals surface area contributed by atoms with Crippen LogP contribution in [0.4, 0.5) is 0 Å². The fraction of sp³-hybridized carbons (Fsp3) is 0.312. The number of rotatable bonds is 4. The number of hydrazone groups is 1. The Morgan fingerprint density at radius 1 is 1.39 bits per heavy atom. The topological polar surface area (TPSA) is 99.6 Å². The molecule has 0 spiro atoms. The highest BCUT2D eigenvalue weighted by molar-refractivity contribution is 5.93. The zero-order valence-electron chi connectivity index (χ0n) is 13.5. The number of carbonyl (C=O) groups excluding carboxylic acids is 1. The summed E-state index contributed by atoms with van der Waals surface area (Å²) in [6.45, 7) is 6.08. The van der Waals surface area contributed by atoms with Crippen LogP contribution in [0.15, 0.2) is 29.4 Å². The van der Waals surface area contributed by atoms with Crippen LogP contribution in [0.3, 0.4) is 0 Å². The van der Waals surface area contributed by atoms with Crippen molar-refractivity contribution >= 4 is 12.1 Å². The minimum absolute atomic E-state index is 0.0416. The molecule has 0 saturated carbocycles. The second-order valence-corrected chi connectivity index (χ2v) is 6.05. The smallest absolute Gasteiger partial charge is 0.291 e. The van der Waals surface area contributed by atoms with Gasteiger partial charge in [-0.3, -0.25) is 9.89 Å². The van der Waals surface area contributed by atoms with Gasteiger partial charge in [0.1, 0.15) is 0 Å². The van der Waals surface area contributed by atoms with E-state index in [0.717, 1.165) is 5.69 Å². The van der Waals surface area contributed by atoms with Crippen LogP contribution in [0.5, 0.6) is 11.5 Å². The number of hydrogen-bond donors (Lipinski definition) is 3. The standard InChI is InChI=1S/C16H20N4O3/c1-16(2,3)14-8-11(18-19-14)15(22)20-17-9-10-5-6-12(21)13(7-10)23-4/h5-9,21H,1-4H3,(H,18,19)(H,20,22)/b17-9-. The van der Waals surface area contributed by atoms with Crippen molar-refractivity contribution < 1.29 is 14.6 Å². The zero-order chi connectivity index (χ0) is 17.0. The van der Waals surface area contributed by atoms with Crippen LogP contribution in [-0.2, 0) is 5.41 Å². The van der Waals surface area contributed by atoms with Crippen LogP contribution in [0.25, 0.3) is 0 Å². The molecule has 0 aliphatic heterocycles. The molecule has 7 nitrogen and oxygen atoms in total. The predicted octanol–water partition coefficient (Wildman–Crippen LogP) is 2.19. The summed E-state index contributed by atoms with van der Waals surface area (Å²) in [5.41, 5.74) is 4.12. The van der Waals surface area contributed by atoms with Crippen molar-refractivity contribution in [3.63, 3.8) is 0 Å². The van der Waals surface area contributed by atoms with Crippen molar-refractivity contribution in [2.24, 2.45) is 5.10 Å². The molecule has 0 aliphatic rings. The minimum Gasteiger partial charge on any atom is -0.504 e. The van der Waals surface area contributed by atoms with Crippen molar-refractivity contribution in [3.8, 4) is 11.5 Å². The third kappa shape index (κ3) is 4.09. The van der Waals surface area contributed by atoms with Gasteiger partial charge in [0.05, 0.1) is 13.3 Å². The average molecular weight is 316 g/mol. The Bertz CT molecular complexity index is 729. The number of nitrogens with one attached hydrogen (secondary N) is 2. The van der Waals surface area contributed by atoms with Gasteiger partial charge in [0.2, 0.25) is 0 Å². The molecule has 122 valence electrons. The van der Waals surface area contributed by atoms with Crippen molar-refractivity contribution in [3.05, 3.63) is 41.2 Å². The third-order valence-electron chi connectivity index (χ3n) is 3.20. The number of amides is 1. The first-order chi connectivity index (χ1) is 10.8. The van der Waals surface area contributed by atoms with E-state index in [9.17, 15) is 9.90 Å². The molecule has 0 radical (unpaired) electrons. The summed E-state index contributed by atoms with van der Waals surface area (Å²) in [6.07, 6.45) is 1.46. The Morgan fingerprint density at radius 3 is 2.74 bits per heavy atom. The lowest BCUT2D eigenvalue weighted by Gasteiger charge is -2.14. The molecule has 1 heterocycles. The van der Waals surface area contributed by atoms with Gasteiger partial charge >= 0.3 is 0 Å². The summed E-state index contributed by atoms with van der Waals surface area (Å²) in [4.78, 5) is 12.0. The number of benzene rings is 1. The molecule has 2 rings (SSSR count). The highest BCUT2D eigenvalue weighted by atomic mass is 16.5. The molecule has 1 amide bonds. The lowest BCUT2D eigenvalue weighted by atomic mass is 9.92. The molecule has 0 fully saturated rings. The van der Waals surface area contributed by atoms with Crippen LogP contribution in [-0.4, -0.2) is 34.5 Å². The highest BCUT2D eigenvalue weighted by Crippen LogP contribution is 2.25. The summed E-state index contributed by atoms with van der Waals surface area (Å²) < 4.78 is 5.00. The molecule has 0 bridgehead atoms. The lowest BCUT2D eigenvalue weighted by molar-refractivity contribution is 0.0950. The second kappa shape index (κ2) is 6.51. The Morgan fingerprint density at radius 2 is 2.13 bits per heavy atom. The normalized spacial score (nSPS) is 11.7. The zero-order valence-corrected chi connectivity index (χ0v) is 13.5. The minimum atomic E-state index is -0.404. The maximum absolute atomic E-state index is 12.0. The van der Waals surface area contributed by atoms with Crippen molar-refractivity contribution in [1.82, 2.24) is 15.6 Å². The lowest BCUT2D eigenvalue weighted by Crippen LogP contribution is -2.18. The van der Waals surface area contributed by atoms with E-state index in [1.54, 1.807) is 18.2 Å². The van der Waals surface area contributed by atoms with Crippen molar-refractivity contribution in [2.75, 3.05) is 7.11 Å². The van der Waals surface area contributed by atoms with Gasteiger partial charge in [-0.2, -0.15) is 10.2 Å². The van der Waals surface area contributed by atoms with Gasteiger partial charge in [0, 0.05) is 11.1 Å². The van der Waals surface area contributed by atoms with Gasteiger partial charge in [-0.1, -0.05) is 20.8 Å². The Kier molecular flexibility index (Phi) is 4.68. The van der Waals surface area contributed by atoms with E-state index in [2.05, 4.69) is 20.7 Å². The number of phenolic OH excluding ortho intramolecular Hbond substituents is 1. The summed E-state index contributed by atoms with van der Waals surface area (Å²) >= 11 is 0. The molecule has 7 heteroatoms. The fourth-order valence-corrected chi connectivity index (χ4v) is 1.82. The quantitative estimate of drug-likeness (QED) is 0.594. The van der Waals surface area contributed by atoms with Crippen LogP contribution >= 0.6 is 0 Å². The number of nitrogens with zero attached hydrogens (tertiary/aromatic N) is 2. The molecular weight excluding hydrogens is 296 g/mol. The Hall–Kier alpha value is -2.83. The molecule has 2 aromatic rings. The van der Waals surface area contributed by atoms with E-state index in [-0.39, 0.29) is 16.9 Å². The van der Waals surface area contributed by atoms with Gasteiger partial charge in [-0.05, 0) is 29.8 Å². The molecule has 1 aromatic heterocycles. The van der Waals surface area contributed by atoms with E-state index < -0.39 is 5.91 Å². The molecule has 1 aromatic carbocycles. The van der Waals surface area contributed by atoms with Gasteiger partial charge in [-0.25, -0.2) is 5.43 Å². The number of ether oxygens (including phenoxy) is 1. The van der Waals surface area contributed by atoms with Gasteiger partial charge in [0.25, 0.3) is 5.91 Å². The number of aromatic amines is 1. The largest absolute Gasteiger partial charge is 0.504 e. The maximum Gasteiger partial charge on any atom is 0.291 e. The number of aromatic hydroxyl groups is 1. The summed E-state index contributed by atoms with van der Waals surface area (Å²) in [7, 11) is 1.46. The van der Waals surface area contributed by atoms with Crippen LogP contribution in [0.1, 0.15) is 42.5 Å². The number of aromatic nitrogens is 2. The van der Waals surface area contributed by atoms with Crippen LogP contribution in [0.2, 0.25) is 0 Å². The van der Waals surface area contributed by atoms with Crippen LogP contribution < -0.4 is 10.2 Å². The number of carbonyl (C=O) groups is 1. The average Bonchev–Trinajstić information content (AvgIpc) is 2.99. The summed E-state index contributed by atoms with van der Waals surface area (Å²) in [5, 5.41) is 20.2. The SMILES string of the molecule is COc1cc(/C=N\NC(=O)c2cc(C(C)(C)C)[nH]n2)ccc1O. The van der Waals surface area contributed by atoms with Gasteiger partial charge in [-0.15, -0.1) is 0 Å². The van der Waals surface area contributed by atoms with E-state index in [4.69, 9.17) is 4.74 Å². The Balaban J connectivity index is 2.02. The highest BCUT2D eigenvalue weighted by Gasteiger charge is 2.19. The first-order valence-corrected chi connectivity index (χ1v) is 7.07. The number of methoxy groups -OCH3 is 1. The first-order valence-electron chi connectivity index (χ1n) is 7.07. The van der Waals surface area contributed by atoms with Crippen LogP contribution in [0, 0.1) is 0 Å². The van der Waals surface area contributed by atoms with E-state index in [1.807, 2.05) is 20.8 Å². The van der Waals surface area contributed by atoms with E-state index >= 15 is 0 Å².